The number of aromatic nitrogens is 2. The summed E-state index contributed by atoms with van der Waals surface area (Å²) in [4.78, 5) is 13.7. The summed E-state index contributed by atoms with van der Waals surface area (Å²) in [6, 6.07) is 8.00. The third kappa shape index (κ3) is 3.35. The first-order valence-corrected chi connectivity index (χ1v) is 10.2. The molecular weight excluding hydrogens is 373 g/mol. The Morgan fingerprint density at radius 2 is 1.64 bits per heavy atom. The molecule has 1 aliphatic rings. The average Bonchev–Trinajstić information content (AvgIpc) is 2.77. The third-order valence-electron chi connectivity index (χ3n) is 4.72. The van der Waals surface area contributed by atoms with Crippen LogP contribution in [0.4, 0.5) is 5.82 Å². The van der Waals surface area contributed by atoms with Crippen LogP contribution in [0.5, 0.6) is 0 Å². The molecular formula is C19H19Cl2N3S. The van der Waals surface area contributed by atoms with E-state index >= 15 is 0 Å². The summed E-state index contributed by atoms with van der Waals surface area (Å²) in [6.45, 7) is 4.19. The van der Waals surface area contributed by atoms with E-state index in [9.17, 15) is 0 Å². The fraction of sp³-hybridized carbons (Fsp3) is 0.368. The predicted octanol–water partition coefficient (Wildman–Crippen LogP) is 6.35. The molecule has 0 amide bonds. The van der Waals surface area contributed by atoms with Gasteiger partial charge in [-0.3, -0.25) is 0 Å². The van der Waals surface area contributed by atoms with Crippen molar-refractivity contribution >= 4 is 50.6 Å². The van der Waals surface area contributed by atoms with E-state index in [0.717, 1.165) is 39.7 Å². The monoisotopic (exact) mass is 391 g/mol. The molecule has 0 radical (unpaired) electrons. The third-order valence-corrected chi connectivity index (χ3v) is 6.14. The quantitative estimate of drug-likeness (QED) is 0.476. The maximum atomic E-state index is 6.25. The number of anilines is 1. The molecule has 1 saturated heterocycles. The number of hydrogen-bond donors (Lipinski definition) is 0. The molecule has 0 unspecified atom stereocenters. The molecule has 0 N–H and O–H groups in total. The fourth-order valence-electron chi connectivity index (χ4n) is 3.54. The molecule has 0 bridgehead atoms. The van der Waals surface area contributed by atoms with Crippen molar-refractivity contribution in [2.75, 3.05) is 18.0 Å². The Labute approximate surface area is 161 Å². The van der Waals surface area contributed by atoms with E-state index in [1.807, 2.05) is 12.1 Å². The summed E-state index contributed by atoms with van der Waals surface area (Å²) in [5, 5.41) is 2.19. The van der Waals surface area contributed by atoms with Gasteiger partial charge in [-0.15, -0.1) is 11.3 Å². The predicted molar refractivity (Wildman–Crippen MR) is 108 cm³/mol. The van der Waals surface area contributed by atoms with Crippen molar-refractivity contribution in [3.63, 3.8) is 0 Å². The number of hydrogen-bond acceptors (Lipinski definition) is 4. The smallest absolute Gasteiger partial charge is 0.225 e. The lowest BCUT2D eigenvalue weighted by molar-refractivity contribution is 0.726. The molecule has 25 heavy (non-hydrogen) atoms. The zero-order valence-corrected chi connectivity index (χ0v) is 16.4. The van der Waals surface area contributed by atoms with Gasteiger partial charge in [0.15, 0.2) is 0 Å². The Morgan fingerprint density at radius 3 is 2.32 bits per heavy atom. The molecule has 3 nitrogen and oxygen atoms in total. The molecule has 0 aliphatic carbocycles. The topological polar surface area (TPSA) is 29.0 Å². The van der Waals surface area contributed by atoms with Gasteiger partial charge in [0, 0.05) is 28.6 Å². The van der Waals surface area contributed by atoms with E-state index in [0.29, 0.717) is 5.28 Å². The molecule has 4 rings (SSSR count). The number of nitrogens with zero attached hydrogens (tertiary/aromatic N) is 3. The number of halogens is 2. The summed E-state index contributed by atoms with van der Waals surface area (Å²) >= 11 is 14.0. The normalized spacial score (nSPS) is 15.6. The van der Waals surface area contributed by atoms with Crippen molar-refractivity contribution in [1.29, 1.82) is 0 Å². The zero-order chi connectivity index (χ0) is 17.4. The van der Waals surface area contributed by atoms with Crippen molar-refractivity contribution in [3.05, 3.63) is 39.4 Å². The van der Waals surface area contributed by atoms with Crippen LogP contribution < -0.4 is 4.90 Å². The largest absolute Gasteiger partial charge is 0.356 e. The van der Waals surface area contributed by atoms with Crippen LogP contribution in [0.3, 0.4) is 0 Å². The van der Waals surface area contributed by atoms with Crippen LogP contribution in [0.1, 0.15) is 30.6 Å². The van der Waals surface area contributed by atoms with Gasteiger partial charge >= 0.3 is 0 Å². The Balaban J connectivity index is 1.94. The van der Waals surface area contributed by atoms with E-state index < -0.39 is 0 Å². The van der Waals surface area contributed by atoms with Gasteiger partial charge < -0.3 is 4.90 Å². The highest BCUT2D eigenvalue weighted by atomic mass is 35.5. The Morgan fingerprint density at radius 1 is 0.960 bits per heavy atom. The zero-order valence-electron chi connectivity index (χ0n) is 14.1. The molecule has 1 aliphatic heterocycles. The molecule has 3 heterocycles. The van der Waals surface area contributed by atoms with Crippen molar-refractivity contribution in [2.24, 2.45) is 0 Å². The van der Waals surface area contributed by atoms with Gasteiger partial charge in [0.2, 0.25) is 5.28 Å². The van der Waals surface area contributed by atoms with Gasteiger partial charge in [0.05, 0.1) is 5.39 Å². The van der Waals surface area contributed by atoms with E-state index in [1.165, 1.54) is 36.1 Å². The number of rotatable bonds is 2. The summed E-state index contributed by atoms with van der Waals surface area (Å²) in [5.41, 5.74) is 2.35. The molecule has 0 spiro atoms. The summed E-state index contributed by atoms with van der Waals surface area (Å²) < 4.78 is 0. The summed E-state index contributed by atoms with van der Waals surface area (Å²) in [5.74, 6) is 0.978. The standard InChI is InChI=1S/C19H19Cl2N3S/c1-12-15(13-6-8-14(20)9-7-13)16-17(22-19(21)23-18(16)25-12)24-10-4-2-3-5-11-24/h6-9H,2-5,10-11H2,1H3. The average molecular weight is 392 g/mol. The summed E-state index contributed by atoms with van der Waals surface area (Å²) in [7, 11) is 0. The van der Waals surface area contributed by atoms with E-state index in [4.69, 9.17) is 23.2 Å². The van der Waals surface area contributed by atoms with Gasteiger partial charge in [-0.2, -0.15) is 4.98 Å². The number of fused-ring (bicyclic) bond motifs is 1. The minimum absolute atomic E-state index is 0.329. The van der Waals surface area contributed by atoms with Crippen LogP contribution in [0.2, 0.25) is 10.3 Å². The molecule has 1 fully saturated rings. The highest BCUT2D eigenvalue weighted by Crippen LogP contribution is 2.42. The van der Waals surface area contributed by atoms with Crippen LogP contribution in [-0.2, 0) is 0 Å². The molecule has 6 heteroatoms. The summed E-state index contributed by atoms with van der Waals surface area (Å²) in [6.07, 6.45) is 4.96. The van der Waals surface area contributed by atoms with Crippen molar-refractivity contribution in [2.45, 2.75) is 32.6 Å². The number of benzene rings is 1. The van der Waals surface area contributed by atoms with Crippen LogP contribution in [0.25, 0.3) is 21.3 Å². The first-order valence-electron chi connectivity index (χ1n) is 8.61. The lowest BCUT2D eigenvalue weighted by atomic mass is 10.0. The van der Waals surface area contributed by atoms with E-state index in [2.05, 4.69) is 33.9 Å². The maximum Gasteiger partial charge on any atom is 0.225 e. The van der Waals surface area contributed by atoms with Crippen LogP contribution >= 0.6 is 34.5 Å². The Kier molecular flexibility index (Phi) is 4.85. The second-order valence-corrected chi connectivity index (χ2v) is 8.42. The molecule has 1 aromatic carbocycles. The second kappa shape index (κ2) is 7.10. The Bertz CT molecular complexity index is 897. The van der Waals surface area contributed by atoms with Crippen molar-refractivity contribution < 1.29 is 0 Å². The molecule has 2 aromatic heterocycles. The fourth-order valence-corrected chi connectivity index (χ4v) is 4.92. The maximum absolute atomic E-state index is 6.25. The second-order valence-electron chi connectivity index (χ2n) is 6.44. The van der Waals surface area contributed by atoms with Gasteiger partial charge in [-0.1, -0.05) is 36.6 Å². The van der Waals surface area contributed by atoms with E-state index in [-0.39, 0.29) is 0 Å². The minimum atomic E-state index is 0.329. The van der Waals surface area contributed by atoms with Gasteiger partial charge in [0.25, 0.3) is 0 Å². The van der Waals surface area contributed by atoms with Gasteiger partial charge in [-0.05, 0) is 49.1 Å². The van der Waals surface area contributed by atoms with Crippen molar-refractivity contribution in [3.8, 4) is 11.1 Å². The highest BCUT2D eigenvalue weighted by molar-refractivity contribution is 7.19. The SMILES string of the molecule is Cc1sc2nc(Cl)nc(N3CCCCCC3)c2c1-c1ccc(Cl)cc1. The lowest BCUT2D eigenvalue weighted by Crippen LogP contribution is -2.25. The molecule has 3 aromatic rings. The van der Waals surface area contributed by atoms with Crippen LogP contribution in [-0.4, -0.2) is 23.1 Å². The number of thiophene rings is 1. The minimum Gasteiger partial charge on any atom is -0.356 e. The first-order chi connectivity index (χ1) is 12.1. The van der Waals surface area contributed by atoms with Crippen molar-refractivity contribution in [1.82, 2.24) is 9.97 Å². The lowest BCUT2D eigenvalue weighted by Gasteiger charge is -2.23. The Hall–Kier alpha value is -1.36. The molecule has 130 valence electrons. The first kappa shape index (κ1) is 17.1. The highest BCUT2D eigenvalue weighted by Gasteiger charge is 2.22. The molecule has 0 atom stereocenters. The molecule has 0 saturated carbocycles. The van der Waals surface area contributed by atoms with Crippen LogP contribution in [0.15, 0.2) is 24.3 Å². The van der Waals surface area contributed by atoms with E-state index in [1.54, 1.807) is 11.3 Å². The van der Waals surface area contributed by atoms with Gasteiger partial charge in [-0.25, -0.2) is 4.98 Å². The van der Waals surface area contributed by atoms with Gasteiger partial charge in [0.1, 0.15) is 10.6 Å². The van der Waals surface area contributed by atoms with Crippen LogP contribution in [0, 0.1) is 6.92 Å². The number of aryl methyl sites for hydroxylation is 1.